The summed E-state index contributed by atoms with van der Waals surface area (Å²) in [6, 6.07) is 11.9. The summed E-state index contributed by atoms with van der Waals surface area (Å²) >= 11 is 1.36. The summed E-state index contributed by atoms with van der Waals surface area (Å²) in [7, 11) is 1.30. The Morgan fingerprint density at radius 3 is 2.72 bits per heavy atom. The third-order valence-electron chi connectivity index (χ3n) is 3.44. The Balaban J connectivity index is 1.81. The maximum absolute atomic E-state index is 12.4. The highest BCUT2D eigenvalue weighted by Gasteiger charge is 2.13. The third kappa shape index (κ3) is 3.77. The van der Waals surface area contributed by atoms with Gasteiger partial charge in [-0.3, -0.25) is 10.1 Å². The van der Waals surface area contributed by atoms with Gasteiger partial charge in [0.1, 0.15) is 5.75 Å². The minimum absolute atomic E-state index is 0.320. The van der Waals surface area contributed by atoms with Gasteiger partial charge in [0.2, 0.25) is 0 Å². The Morgan fingerprint density at radius 2 is 1.96 bits per heavy atom. The number of ether oxygens (including phenoxy) is 2. The van der Waals surface area contributed by atoms with Crippen molar-refractivity contribution in [2.24, 2.45) is 0 Å². The molecule has 1 N–H and O–H groups in total. The Hall–Kier alpha value is -2.93. The summed E-state index contributed by atoms with van der Waals surface area (Å²) in [4.78, 5) is 28.4. The number of nitrogens with one attached hydrogen (secondary N) is 1. The first-order valence-electron chi connectivity index (χ1n) is 7.64. The zero-order valence-electron chi connectivity index (χ0n) is 13.7. The van der Waals surface area contributed by atoms with Gasteiger partial charge in [0.25, 0.3) is 5.91 Å². The van der Waals surface area contributed by atoms with Crippen molar-refractivity contribution in [3.8, 4) is 5.75 Å². The summed E-state index contributed by atoms with van der Waals surface area (Å²) in [5, 5.41) is 3.24. The molecule has 25 heavy (non-hydrogen) atoms. The first-order valence-corrected chi connectivity index (χ1v) is 8.45. The van der Waals surface area contributed by atoms with Gasteiger partial charge in [-0.15, -0.1) is 0 Å². The lowest BCUT2D eigenvalue weighted by molar-refractivity contribution is 0.0600. The summed E-state index contributed by atoms with van der Waals surface area (Å²) in [5.74, 6) is -0.0600. The number of benzene rings is 2. The molecule has 2 aromatic carbocycles. The molecule has 128 valence electrons. The fourth-order valence-corrected chi connectivity index (χ4v) is 3.18. The monoisotopic (exact) mass is 356 g/mol. The molecule has 1 heterocycles. The lowest BCUT2D eigenvalue weighted by atomic mass is 10.1. The Kier molecular flexibility index (Phi) is 4.95. The number of rotatable bonds is 5. The number of nitrogens with zero attached hydrogens (tertiary/aromatic N) is 1. The minimum Gasteiger partial charge on any atom is -0.494 e. The number of hydrogen-bond acceptors (Lipinski definition) is 6. The van der Waals surface area contributed by atoms with Crippen LogP contribution in [0.2, 0.25) is 0 Å². The van der Waals surface area contributed by atoms with Gasteiger partial charge in [-0.2, -0.15) is 0 Å². The second kappa shape index (κ2) is 7.31. The van der Waals surface area contributed by atoms with Crippen molar-refractivity contribution in [3.63, 3.8) is 0 Å². The smallest absolute Gasteiger partial charge is 0.337 e. The fourth-order valence-electron chi connectivity index (χ4n) is 2.29. The highest BCUT2D eigenvalue weighted by atomic mass is 32.1. The van der Waals surface area contributed by atoms with Crippen LogP contribution in [0.3, 0.4) is 0 Å². The van der Waals surface area contributed by atoms with E-state index in [4.69, 9.17) is 4.74 Å². The zero-order chi connectivity index (χ0) is 17.8. The topological polar surface area (TPSA) is 77.5 Å². The molecule has 6 nitrogen and oxygen atoms in total. The molecular weight excluding hydrogens is 340 g/mol. The van der Waals surface area contributed by atoms with Crippen LogP contribution in [0, 0.1) is 0 Å². The van der Waals surface area contributed by atoms with Crippen LogP contribution in [0.5, 0.6) is 5.75 Å². The number of carbonyl (C=O) groups excluding carboxylic acids is 2. The molecule has 0 aliphatic carbocycles. The highest BCUT2D eigenvalue weighted by Crippen LogP contribution is 2.29. The number of amides is 1. The van der Waals surface area contributed by atoms with E-state index in [1.807, 2.05) is 25.1 Å². The summed E-state index contributed by atoms with van der Waals surface area (Å²) in [6.07, 6.45) is 0. The number of anilines is 1. The molecule has 1 aromatic heterocycles. The van der Waals surface area contributed by atoms with Gasteiger partial charge in [0.05, 0.1) is 29.5 Å². The standard InChI is InChI=1S/C18H16N2O4S/c1-3-24-13-7-8-14-15(10-13)25-18(19-14)20-16(21)11-5-4-6-12(9-11)17(22)23-2/h4-10H,3H2,1-2H3,(H,19,20,21). The summed E-state index contributed by atoms with van der Waals surface area (Å²) in [5.41, 5.74) is 1.46. The van der Waals surface area contributed by atoms with Crippen LogP contribution in [0.1, 0.15) is 27.6 Å². The Labute approximate surface area is 148 Å². The van der Waals surface area contributed by atoms with Gasteiger partial charge in [-0.25, -0.2) is 9.78 Å². The van der Waals surface area contributed by atoms with Gasteiger partial charge >= 0.3 is 5.97 Å². The van der Waals surface area contributed by atoms with Crippen molar-refractivity contribution in [1.82, 2.24) is 4.98 Å². The third-order valence-corrected chi connectivity index (χ3v) is 4.37. The molecule has 3 aromatic rings. The predicted molar refractivity (Wildman–Crippen MR) is 96.5 cm³/mol. The van der Waals surface area contributed by atoms with Crippen LogP contribution < -0.4 is 10.1 Å². The molecule has 0 aliphatic heterocycles. The molecule has 0 atom stereocenters. The normalized spacial score (nSPS) is 10.5. The van der Waals surface area contributed by atoms with Crippen molar-refractivity contribution >= 4 is 38.6 Å². The van der Waals surface area contributed by atoms with Crippen LogP contribution in [-0.2, 0) is 4.74 Å². The van der Waals surface area contributed by atoms with Gasteiger partial charge < -0.3 is 9.47 Å². The number of aromatic nitrogens is 1. The van der Waals surface area contributed by atoms with E-state index in [-0.39, 0.29) is 5.91 Å². The largest absolute Gasteiger partial charge is 0.494 e. The number of esters is 1. The molecule has 0 saturated heterocycles. The average molecular weight is 356 g/mol. The molecule has 3 rings (SSSR count). The lowest BCUT2D eigenvalue weighted by Crippen LogP contribution is -2.12. The predicted octanol–water partition coefficient (Wildman–Crippen LogP) is 3.73. The van der Waals surface area contributed by atoms with E-state index in [2.05, 4.69) is 15.0 Å². The number of methoxy groups -OCH3 is 1. The molecular formula is C18H16N2O4S. The van der Waals surface area contributed by atoms with E-state index in [1.165, 1.54) is 24.5 Å². The summed E-state index contributed by atoms with van der Waals surface area (Å²) in [6.45, 7) is 2.51. The van der Waals surface area contributed by atoms with Crippen LogP contribution in [0.25, 0.3) is 10.2 Å². The molecule has 1 amide bonds. The van der Waals surface area contributed by atoms with E-state index >= 15 is 0 Å². The molecule has 0 aliphatic rings. The van der Waals surface area contributed by atoms with Gasteiger partial charge in [0, 0.05) is 5.56 Å². The second-order valence-corrected chi connectivity index (χ2v) is 6.14. The first-order chi connectivity index (χ1) is 12.1. The van der Waals surface area contributed by atoms with E-state index in [9.17, 15) is 9.59 Å². The molecule has 0 fully saturated rings. The first kappa shape index (κ1) is 16.9. The molecule has 0 radical (unpaired) electrons. The maximum atomic E-state index is 12.4. The maximum Gasteiger partial charge on any atom is 0.337 e. The van der Waals surface area contributed by atoms with E-state index in [0.29, 0.717) is 22.9 Å². The molecule has 7 heteroatoms. The number of carbonyl (C=O) groups is 2. The van der Waals surface area contributed by atoms with Crippen LogP contribution in [-0.4, -0.2) is 30.6 Å². The fraction of sp³-hybridized carbons (Fsp3) is 0.167. The molecule has 0 saturated carbocycles. The van der Waals surface area contributed by atoms with Crippen LogP contribution in [0.4, 0.5) is 5.13 Å². The average Bonchev–Trinajstić information content (AvgIpc) is 3.03. The Bertz CT molecular complexity index is 936. The van der Waals surface area contributed by atoms with Crippen molar-refractivity contribution in [2.75, 3.05) is 19.0 Å². The van der Waals surface area contributed by atoms with Gasteiger partial charge in [-0.05, 0) is 43.3 Å². The molecule has 0 spiro atoms. The van der Waals surface area contributed by atoms with Crippen molar-refractivity contribution < 1.29 is 19.1 Å². The van der Waals surface area contributed by atoms with Crippen LogP contribution in [0.15, 0.2) is 42.5 Å². The number of hydrogen-bond donors (Lipinski definition) is 1. The van der Waals surface area contributed by atoms with E-state index < -0.39 is 5.97 Å². The van der Waals surface area contributed by atoms with Crippen molar-refractivity contribution in [2.45, 2.75) is 6.92 Å². The van der Waals surface area contributed by atoms with Crippen molar-refractivity contribution in [1.29, 1.82) is 0 Å². The minimum atomic E-state index is -0.488. The lowest BCUT2D eigenvalue weighted by Gasteiger charge is -2.03. The van der Waals surface area contributed by atoms with E-state index in [1.54, 1.807) is 18.2 Å². The molecule has 0 bridgehead atoms. The van der Waals surface area contributed by atoms with Gasteiger partial charge in [-0.1, -0.05) is 17.4 Å². The zero-order valence-corrected chi connectivity index (χ0v) is 14.6. The SMILES string of the molecule is CCOc1ccc2nc(NC(=O)c3cccc(C(=O)OC)c3)sc2c1. The van der Waals surface area contributed by atoms with Crippen molar-refractivity contribution in [3.05, 3.63) is 53.6 Å². The van der Waals surface area contributed by atoms with Gasteiger partial charge in [0.15, 0.2) is 5.13 Å². The second-order valence-electron chi connectivity index (χ2n) is 5.11. The quantitative estimate of drug-likeness (QED) is 0.705. The van der Waals surface area contributed by atoms with E-state index in [0.717, 1.165) is 16.0 Å². The van der Waals surface area contributed by atoms with Crippen LogP contribution >= 0.6 is 11.3 Å². The molecule has 0 unspecified atom stereocenters. The highest BCUT2D eigenvalue weighted by molar-refractivity contribution is 7.22. The number of thiazole rings is 1. The Morgan fingerprint density at radius 1 is 1.16 bits per heavy atom. The summed E-state index contributed by atoms with van der Waals surface area (Å²) < 4.78 is 11.1. The number of fused-ring (bicyclic) bond motifs is 1.